The number of nitrogens with one attached hydrogen (secondary N) is 5. The lowest BCUT2D eigenvalue weighted by Gasteiger charge is -2.25. The Bertz CT molecular complexity index is 1380. The van der Waals surface area contributed by atoms with Crippen molar-refractivity contribution in [1.29, 1.82) is 0 Å². The van der Waals surface area contributed by atoms with Crippen molar-refractivity contribution in [1.82, 2.24) is 26.6 Å². The van der Waals surface area contributed by atoms with Gasteiger partial charge in [0.05, 0.1) is 19.2 Å². The average Bonchev–Trinajstić information content (AvgIpc) is 3.10. The van der Waals surface area contributed by atoms with Crippen molar-refractivity contribution >= 4 is 59.3 Å². The molecular weight excluding hydrogens is 728 g/mol. The maximum atomic E-state index is 13.6. The Balaban J connectivity index is 5.90. The number of nitrogens with two attached hydrogens (primary N) is 9. The highest BCUT2D eigenvalue weighted by atomic mass is 16.4. The van der Waals surface area contributed by atoms with Crippen LogP contribution in [0.25, 0.3) is 0 Å². The fraction of sp³-hybridized carbons (Fsp3) is 0.655. The van der Waals surface area contributed by atoms with Crippen LogP contribution in [0.15, 0.2) is 20.0 Å². The minimum absolute atomic E-state index is 0.0314. The number of hydrogen-bond donors (Lipinski definition) is 16. The second-order valence-corrected chi connectivity index (χ2v) is 11.9. The molecule has 5 amide bonds. The van der Waals surface area contributed by atoms with Crippen molar-refractivity contribution in [3.63, 3.8) is 0 Å². The fourth-order valence-corrected chi connectivity index (χ4v) is 4.51. The van der Waals surface area contributed by atoms with Crippen LogP contribution >= 0.6 is 0 Å². The summed E-state index contributed by atoms with van der Waals surface area (Å²) in [4.78, 5) is 92.2. The summed E-state index contributed by atoms with van der Waals surface area (Å²) in [5.41, 5.74) is 48.4. The molecule has 0 radical (unpaired) electrons. The van der Waals surface area contributed by atoms with Crippen LogP contribution in [0.3, 0.4) is 0 Å². The molecule has 55 heavy (non-hydrogen) atoms. The number of rotatable bonds is 28. The number of hydrogen-bond acceptors (Lipinski definition) is 12. The smallest absolute Gasteiger partial charge is 0.326 e. The molecule has 26 nitrogen and oxygen atoms in total. The molecule has 0 heterocycles. The lowest BCUT2D eigenvalue weighted by Crippen LogP contribution is -2.59. The molecule has 26 heteroatoms. The van der Waals surface area contributed by atoms with Crippen molar-refractivity contribution in [2.24, 2.45) is 71.6 Å². The van der Waals surface area contributed by atoms with E-state index in [1.165, 1.54) is 0 Å². The van der Waals surface area contributed by atoms with E-state index in [1.807, 2.05) is 0 Å². The normalized spacial score (nSPS) is 13.2. The number of amides is 5. The molecular formula is C29H58N18O8. The Morgan fingerprint density at radius 2 is 0.836 bits per heavy atom. The van der Waals surface area contributed by atoms with Crippen molar-refractivity contribution in [2.75, 3.05) is 39.3 Å². The van der Waals surface area contributed by atoms with E-state index < -0.39 is 78.9 Å². The lowest BCUT2D eigenvalue weighted by molar-refractivity contribution is -0.142. The second-order valence-electron chi connectivity index (χ2n) is 11.9. The van der Waals surface area contributed by atoms with Crippen molar-refractivity contribution in [3.8, 4) is 0 Å². The molecule has 0 aromatic heterocycles. The van der Waals surface area contributed by atoms with E-state index in [0.29, 0.717) is 6.42 Å². The molecule has 0 unspecified atom stereocenters. The summed E-state index contributed by atoms with van der Waals surface area (Å²) >= 11 is 0. The zero-order valence-corrected chi connectivity index (χ0v) is 30.6. The Labute approximate surface area is 317 Å². The molecule has 0 aromatic carbocycles. The minimum Gasteiger partial charge on any atom is -0.480 e. The highest BCUT2D eigenvalue weighted by molar-refractivity contribution is 5.95. The van der Waals surface area contributed by atoms with Crippen LogP contribution in [0.1, 0.15) is 51.4 Å². The van der Waals surface area contributed by atoms with E-state index in [1.54, 1.807) is 0 Å². The van der Waals surface area contributed by atoms with Gasteiger partial charge in [-0.15, -0.1) is 0 Å². The SMILES string of the molecule is NC(N)=NCCC[C@H](NC(=O)[C@H](CO)NC(=O)[C@H](CCCN=C(N)N)NC(=O)[C@H](CCCN=C(N)N)NC(=O)CNC(=O)[C@@H](N)CCCN=C(N)N)C(=O)O. The topological polar surface area (TPSA) is 487 Å². The van der Waals surface area contributed by atoms with Gasteiger partial charge in [-0.05, 0) is 51.4 Å². The first-order chi connectivity index (χ1) is 25.9. The van der Waals surface area contributed by atoms with E-state index in [-0.39, 0.29) is 95.0 Å². The summed E-state index contributed by atoms with van der Waals surface area (Å²) in [6.07, 6.45) is 0.912. The van der Waals surface area contributed by atoms with Gasteiger partial charge in [0.15, 0.2) is 23.8 Å². The molecule has 0 rings (SSSR count). The third kappa shape index (κ3) is 23.9. The first kappa shape index (κ1) is 48.8. The molecule has 0 aliphatic rings. The number of carboxylic acid groups (broad SMARTS) is 1. The number of guanidine groups is 4. The van der Waals surface area contributed by atoms with Gasteiger partial charge >= 0.3 is 5.97 Å². The van der Waals surface area contributed by atoms with Crippen LogP contribution in [0.5, 0.6) is 0 Å². The molecule has 312 valence electrons. The van der Waals surface area contributed by atoms with Crippen LogP contribution < -0.4 is 78.2 Å². The molecule has 0 spiro atoms. The average molecular weight is 787 g/mol. The summed E-state index contributed by atoms with van der Waals surface area (Å²) in [7, 11) is 0. The first-order valence-electron chi connectivity index (χ1n) is 17.2. The highest BCUT2D eigenvalue weighted by Crippen LogP contribution is 2.06. The third-order valence-corrected chi connectivity index (χ3v) is 7.28. The number of aliphatic hydroxyl groups is 1. The Kier molecular flexibility index (Phi) is 24.3. The van der Waals surface area contributed by atoms with Gasteiger partial charge in [-0.3, -0.25) is 43.9 Å². The Morgan fingerprint density at radius 1 is 0.491 bits per heavy atom. The summed E-state index contributed by atoms with van der Waals surface area (Å²) in [6.45, 7) is -1.04. The van der Waals surface area contributed by atoms with Gasteiger partial charge in [0, 0.05) is 26.2 Å². The number of carboxylic acids is 1. The van der Waals surface area contributed by atoms with Gasteiger partial charge in [-0.25, -0.2) is 4.79 Å². The van der Waals surface area contributed by atoms with Crippen molar-refractivity contribution in [3.05, 3.63) is 0 Å². The van der Waals surface area contributed by atoms with Crippen molar-refractivity contribution in [2.45, 2.75) is 81.6 Å². The van der Waals surface area contributed by atoms with E-state index in [0.717, 1.165) is 0 Å². The van der Waals surface area contributed by atoms with Crippen LogP contribution in [-0.4, -0.2) is 139 Å². The van der Waals surface area contributed by atoms with Gasteiger partial charge in [-0.2, -0.15) is 0 Å². The quantitative estimate of drug-likeness (QED) is 0.0199. The summed E-state index contributed by atoms with van der Waals surface area (Å²) in [5, 5.41) is 31.4. The molecule has 0 saturated heterocycles. The Morgan fingerprint density at radius 3 is 1.24 bits per heavy atom. The summed E-state index contributed by atoms with van der Waals surface area (Å²) < 4.78 is 0. The maximum absolute atomic E-state index is 13.6. The summed E-state index contributed by atoms with van der Waals surface area (Å²) in [6, 6.07) is -6.70. The maximum Gasteiger partial charge on any atom is 0.326 e. The molecule has 0 saturated carbocycles. The standard InChI is InChI=1S/C29H58N18O8/c30-15(5-1-9-39-26(31)32)21(50)43-13-20(49)44-16(6-2-10-40-27(33)34)22(51)45-17(7-3-11-41-28(35)36)23(52)47-19(14-48)24(53)46-18(25(54)55)8-4-12-42-29(37)38/h15-19,48H,1-14,30H2,(H,43,50)(H,44,49)(H,45,51)(H,46,53)(H,47,52)(H,54,55)(H4,31,32,39)(H4,33,34,40)(H4,35,36,41)(H4,37,38,42)/t15-,16-,17-,18-,19-/m0/s1. The molecule has 0 aromatic rings. The highest BCUT2D eigenvalue weighted by Gasteiger charge is 2.31. The predicted octanol–water partition coefficient (Wildman–Crippen LogP) is -8.34. The molecule has 0 bridgehead atoms. The number of carbonyl (C=O) groups excluding carboxylic acids is 5. The molecule has 0 fully saturated rings. The van der Waals surface area contributed by atoms with Crippen LogP contribution in [0, 0.1) is 0 Å². The first-order valence-corrected chi connectivity index (χ1v) is 17.2. The van der Waals surface area contributed by atoms with E-state index in [2.05, 4.69) is 46.6 Å². The molecule has 5 atom stereocenters. The Hall–Kier alpha value is -6.18. The number of aliphatic imine (C=N–C) groups is 4. The molecule has 25 N–H and O–H groups in total. The monoisotopic (exact) mass is 786 g/mol. The van der Waals surface area contributed by atoms with Crippen molar-refractivity contribution < 1.29 is 39.0 Å². The number of carbonyl (C=O) groups is 6. The predicted molar refractivity (Wildman–Crippen MR) is 203 cm³/mol. The second kappa shape index (κ2) is 27.4. The molecule has 0 aliphatic heterocycles. The van der Waals surface area contributed by atoms with E-state index >= 15 is 0 Å². The number of aliphatic hydroxyl groups excluding tert-OH is 1. The van der Waals surface area contributed by atoms with Gasteiger partial charge in [0.2, 0.25) is 29.5 Å². The molecule has 0 aliphatic carbocycles. The van der Waals surface area contributed by atoms with Gasteiger partial charge < -0.3 is 88.4 Å². The van der Waals surface area contributed by atoms with Gasteiger partial charge in [-0.1, -0.05) is 0 Å². The minimum atomic E-state index is -1.64. The lowest BCUT2D eigenvalue weighted by atomic mass is 10.1. The zero-order valence-electron chi connectivity index (χ0n) is 30.6. The fourth-order valence-electron chi connectivity index (χ4n) is 4.51. The zero-order chi connectivity index (χ0) is 41.9. The largest absolute Gasteiger partial charge is 0.480 e. The van der Waals surface area contributed by atoms with Crippen LogP contribution in [0.2, 0.25) is 0 Å². The third-order valence-electron chi connectivity index (χ3n) is 7.28. The number of aliphatic carboxylic acids is 1. The van der Waals surface area contributed by atoms with E-state index in [9.17, 15) is 39.0 Å². The van der Waals surface area contributed by atoms with Gasteiger partial charge in [0.1, 0.15) is 24.2 Å². The number of nitrogens with zero attached hydrogens (tertiary/aromatic N) is 4. The van der Waals surface area contributed by atoms with Gasteiger partial charge in [0.25, 0.3) is 0 Å². The van der Waals surface area contributed by atoms with Crippen LogP contribution in [-0.2, 0) is 28.8 Å². The van der Waals surface area contributed by atoms with E-state index in [4.69, 9.17) is 51.6 Å². The van der Waals surface area contributed by atoms with Crippen LogP contribution in [0.4, 0.5) is 0 Å². The summed E-state index contributed by atoms with van der Waals surface area (Å²) in [5.74, 6) is -6.37.